The van der Waals surface area contributed by atoms with E-state index in [-0.39, 0.29) is 11.8 Å². The Kier molecular flexibility index (Phi) is 5.56. The van der Waals surface area contributed by atoms with E-state index in [1.165, 1.54) is 0 Å². The van der Waals surface area contributed by atoms with Crippen molar-refractivity contribution in [2.45, 2.75) is 32.0 Å². The Balaban J connectivity index is 2.24. The topological polar surface area (TPSA) is 72.8 Å². The van der Waals surface area contributed by atoms with Crippen molar-refractivity contribution < 1.29 is 15.0 Å². The summed E-state index contributed by atoms with van der Waals surface area (Å²) in [5.41, 5.74) is 1.72. The lowest BCUT2D eigenvalue weighted by Crippen LogP contribution is -2.31. The van der Waals surface area contributed by atoms with E-state index in [0.717, 1.165) is 12.1 Å². The summed E-state index contributed by atoms with van der Waals surface area (Å²) >= 11 is 0. The molecule has 0 saturated carbocycles. The van der Waals surface area contributed by atoms with Gasteiger partial charge in [0.25, 0.3) is 5.91 Å². The van der Waals surface area contributed by atoms with Gasteiger partial charge < -0.3 is 15.5 Å². The summed E-state index contributed by atoms with van der Waals surface area (Å²) in [5, 5.41) is 22.1. The molecule has 1 aliphatic rings. The Morgan fingerprint density at radius 2 is 1.86 bits per heavy atom. The van der Waals surface area contributed by atoms with Crippen LogP contribution >= 0.6 is 0 Å². The van der Waals surface area contributed by atoms with Gasteiger partial charge in [0.15, 0.2) is 0 Å². The van der Waals surface area contributed by atoms with Crippen LogP contribution in [0.3, 0.4) is 0 Å². The minimum Gasteiger partial charge on any atom is -0.389 e. The number of hydrogen-bond donors (Lipinski definition) is 3. The zero-order valence-electron chi connectivity index (χ0n) is 13.5. The highest BCUT2D eigenvalue weighted by molar-refractivity contribution is 5.95. The normalized spacial score (nSPS) is 23.7. The number of nitrogens with one attached hydrogen (secondary N) is 1. The fourth-order valence-corrected chi connectivity index (χ4v) is 3.10. The van der Waals surface area contributed by atoms with Gasteiger partial charge in [0.05, 0.1) is 12.2 Å². The van der Waals surface area contributed by atoms with Crippen molar-refractivity contribution in [2.75, 3.05) is 26.7 Å². The van der Waals surface area contributed by atoms with E-state index < -0.39 is 12.2 Å². The van der Waals surface area contributed by atoms with Gasteiger partial charge in [-0.3, -0.25) is 9.69 Å². The number of amides is 1. The van der Waals surface area contributed by atoms with Crippen molar-refractivity contribution in [2.24, 2.45) is 5.92 Å². The van der Waals surface area contributed by atoms with Gasteiger partial charge in [0.2, 0.25) is 0 Å². The highest BCUT2D eigenvalue weighted by Crippen LogP contribution is 2.29. The first-order chi connectivity index (χ1) is 10.4. The third kappa shape index (κ3) is 3.66. The number of nitrogens with zero attached hydrogens (tertiary/aromatic N) is 1. The molecule has 1 saturated heterocycles. The third-order valence-corrected chi connectivity index (χ3v) is 4.43. The first-order valence-electron chi connectivity index (χ1n) is 7.83. The summed E-state index contributed by atoms with van der Waals surface area (Å²) in [6, 6.07) is 7.66. The van der Waals surface area contributed by atoms with E-state index in [1.807, 2.05) is 24.3 Å². The highest BCUT2D eigenvalue weighted by atomic mass is 16.3. The van der Waals surface area contributed by atoms with Gasteiger partial charge in [-0.2, -0.15) is 0 Å². The molecule has 0 aromatic heterocycles. The Morgan fingerprint density at radius 3 is 2.41 bits per heavy atom. The van der Waals surface area contributed by atoms with Crippen molar-refractivity contribution in [3.05, 3.63) is 35.4 Å². The zero-order valence-corrected chi connectivity index (χ0v) is 13.5. The number of β-amino-alcohol motifs (C(OH)–C–C–N with tert-alkyl or cyclic N) is 2. The van der Waals surface area contributed by atoms with Crippen LogP contribution in [0.25, 0.3) is 0 Å². The second-order valence-electron chi connectivity index (χ2n) is 6.37. The molecule has 5 heteroatoms. The van der Waals surface area contributed by atoms with Crippen LogP contribution in [0.4, 0.5) is 0 Å². The van der Waals surface area contributed by atoms with E-state index in [1.54, 1.807) is 7.05 Å². The Bertz CT molecular complexity index is 508. The average molecular weight is 306 g/mol. The number of aliphatic hydroxyl groups excluding tert-OH is 2. The standard InChI is InChI=1S/C17H26N2O3/c1-11(2)14(8-19-9-15(20)16(21)10-19)12-6-4-5-7-13(12)17(22)18-3/h4-7,11,14-16,20-21H,8-10H2,1-3H3,(H,18,22)/t14-,15-,16-/m0/s1. The number of rotatable bonds is 5. The molecule has 0 unspecified atom stereocenters. The smallest absolute Gasteiger partial charge is 0.251 e. The molecule has 1 aromatic rings. The number of carbonyl (C=O) groups is 1. The van der Waals surface area contributed by atoms with Crippen molar-refractivity contribution in [1.82, 2.24) is 10.2 Å². The predicted octanol–water partition coefficient (Wildman–Crippen LogP) is 0.823. The predicted molar refractivity (Wildman–Crippen MR) is 85.9 cm³/mol. The summed E-state index contributed by atoms with van der Waals surface area (Å²) in [6.45, 7) is 5.95. The van der Waals surface area contributed by atoms with E-state index >= 15 is 0 Å². The van der Waals surface area contributed by atoms with E-state index in [2.05, 4.69) is 24.1 Å². The molecule has 122 valence electrons. The van der Waals surface area contributed by atoms with Crippen LogP contribution in [0.5, 0.6) is 0 Å². The summed E-state index contributed by atoms with van der Waals surface area (Å²) in [7, 11) is 1.64. The van der Waals surface area contributed by atoms with Crippen LogP contribution in [-0.4, -0.2) is 59.9 Å². The monoisotopic (exact) mass is 306 g/mol. The van der Waals surface area contributed by atoms with Crippen LogP contribution in [0.1, 0.15) is 35.7 Å². The lowest BCUT2D eigenvalue weighted by molar-refractivity contribution is 0.0572. The number of likely N-dealkylation sites (tertiary alicyclic amines) is 1. The van der Waals surface area contributed by atoms with Crippen molar-refractivity contribution in [3.8, 4) is 0 Å². The minimum atomic E-state index is -0.679. The SMILES string of the molecule is CNC(=O)c1ccccc1[C@@H](CN1C[C@H](O)[C@@H](O)C1)C(C)C. The van der Waals surface area contributed by atoms with Gasteiger partial charge in [0.1, 0.15) is 0 Å². The molecule has 1 amide bonds. The van der Waals surface area contributed by atoms with Crippen LogP contribution < -0.4 is 5.32 Å². The molecule has 22 heavy (non-hydrogen) atoms. The van der Waals surface area contributed by atoms with Crippen molar-refractivity contribution in [3.63, 3.8) is 0 Å². The summed E-state index contributed by atoms with van der Waals surface area (Å²) < 4.78 is 0. The van der Waals surface area contributed by atoms with Gasteiger partial charge in [-0.25, -0.2) is 0 Å². The quantitative estimate of drug-likeness (QED) is 0.753. The van der Waals surface area contributed by atoms with Gasteiger partial charge in [-0.1, -0.05) is 32.0 Å². The Hall–Kier alpha value is -1.43. The summed E-state index contributed by atoms with van der Waals surface area (Å²) in [4.78, 5) is 14.2. The number of aliphatic hydroxyl groups is 2. The lowest BCUT2D eigenvalue weighted by Gasteiger charge is -2.28. The molecule has 5 nitrogen and oxygen atoms in total. The van der Waals surface area contributed by atoms with E-state index in [0.29, 0.717) is 24.6 Å². The first-order valence-corrected chi connectivity index (χ1v) is 7.83. The van der Waals surface area contributed by atoms with Crippen LogP contribution in [0.15, 0.2) is 24.3 Å². The molecule has 0 spiro atoms. The molecule has 0 radical (unpaired) electrons. The van der Waals surface area contributed by atoms with Gasteiger partial charge in [0, 0.05) is 32.2 Å². The van der Waals surface area contributed by atoms with Gasteiger partial charge in [-0.05, 0) is 23.5 Å². The van der Waals surface area contributed by atoms with Gasteiger partial charge >= 0.3 is 0 Å². The molecule has 1 heterocycles. The molecule has 1 aliphatic heterocycles. The van der Waals surface area contributed by atoms with Crippen LogP contribution in [-0.2, 0) is 0 Å². The molecule has 0 aliphatic carbocycles. The molecule has 1 fully saturated rings. The third-order valence-electron chi connectivity index (χ3n) is 4.43. The van der Waals surface area contributed by atoms with Crippen LogP contribution in [0.2, 0.25) is 0 Å². The molecular weight excluding hydrogens is 280 g/mol. The number of benzene rings is 1. The van der Waals surface area contributed by atoms with Gasteiger partial charge in [-0.15, -0.1) is 0 Å². The molecule has 3 atom stereocenters. The molecule has 3 N–H and O–H groups in total. The minimum absolute atomic E-state index is 0.0808. The first kappa shape index (κ1) is 16.9. The second kappa shape index (κ2) is 7.22. The fourth-order valence-electron chi connectivity index (χ4n) is 3.10. The summed E-state index contributed by atoms with van der Waals surface area (Å²) in [6.07, 6.45) is -1.36. The lowest BCUT2D eigenvalue weighted by atomic mass is 9.85. The molecule has 1 aromatic carbocycles. The van der Waals surface area contributed by atoms with E-state index in [9.17, 15) is 15.0 Å². The maximum atomic E-state index is 12.1. The van der Waals surface area contributed by atoms with E-state index in [4.69, 9.17) is 0 Å². The Morgan fingerprint density at radius 1 is 1.27 bits per heavy atom. The molecule has 2 rings (SSSR count). The Labute approximate surface area is 131 Å². The zero-order chi connectivity index (χ0) is 16.3. The number of hydrogen-bond acceptors (Lipinski definition) is 4. The summed E-state index contributed by atoms with van der Waals surface area (Å²) in [5.74, 6) is 0.439. The average Bonchev–Trinajstić information content (AvgIpc) is 2.82. The molecule has 0 bridgehead atoms. The second-order valence-corrected chi connectivity index (χ2v) is 6.37. The largest absolute Gasteiger partial charge is 0.389 e. The maximum Gasteiger partial charge on any atom is 0.251 e. The van der Waals surface area contributed by atoms with Crippen molar-refractivity contribution in [1.29, 1.82) is 0 Å². The molecular formula is C17H26N2O3. The van der Waals surface area contributed by atoms with Crippen molar-refractivity contribution >= 4 is 5.91 Å². The number of carbonyl (C=O) groups excluding carboxylic acids is 1. The fraction of sp³-hybridized carbons (Fsp3) is 0.588. The van der Waals surface area contributed by atoms with Crippen LogP contribution in [0, 0.1) is 5.92 Å². The highest BCUT2D eigenvalue weighted by Gasteiger charge is 2.32. The maximum absolute atomic E-state index is 12.1.